The Hall–Kier alpha value is -1.91. The highest BCUT2D eigenvalue weighted by molar-refractivity contribution is 5.37. The first-order valence-corrected chi connectivity index (χ1v) is 6.35. The molecule has 0 saturated heterocycles. The van der Waals surface area contributed by atoms with Gasteiger partial charge in [-0.2, -0.15) is 0 Å². The molecule has 0 aliphatic carbocycles. The Bertz CT molecular complexity index is 559. The number of ether oxygens (including phenoxy) is 1. The van der Waals surface area contributed by atoms with E-state index in [1.54, 1.807) is 12.4 Å². The number of hydrogen-bond donors (Lipinski definition) is 2. The van der Waals surface area contributed by atoms with E-state index in [4.69, 9.17) is 10.5 Å². The highest BCUT2D eigenvalue weighted by atomic mass is 16.5. The van der Waals surface area contributed by atoms with Crippen LogP contribution in [0.1, 0.15) is 29.8 Å². The number of rotatable bonds is 1. The minimum absolute atomic E-state index is 0.179. The Morgan fingerprint density at radius 1 is 1.21 bits per heavy atom. The van der Waals surface area contributed by atoms with Gasteiger partial charge in [0.15, 0.2) is 0 Å². The summed E-state index contributed by atoms with van der Waals surface area (Å²) < 4.78 is 6.00. The number of aliphatic hydroxyl groups is 1. The SMILES string of the molecule is NC1CC(c2cccnc2)Oc2ccccc2C1O. The number of fused-ring (bicyclic) bond motifs is 1. The number of pyridine rings is 1. The Labute approximate surface area is 111 Å². The van der Waals surface area contributed by atoms with Gasteiger partial charge in [-0.1, -0.05) is 24.3 Å². The molecule has 1 aromatic heterocycles. The zero-order valence-corrected chi connectivity index (χ0v) is 10.4. The Morgan fingerprint density at radius 2 is 2.05 bits per heavy atom. The van der Waals surface area contributed by atoms with Crippen molar-refractivity contribution in [3.05, 3.63) is 59.9 Å². The van der Waals surface area contributed by atoms with Crippen LogP contribution < -0.4 is 10.5 Å². The molecule has 1 aliphatic rings. The topological polar surface area (TPSA) is 68.4 Å². The number of aromatic nitrogens is 1. The summed E-state index contributed by atoms with van der Waals surface area (Å²) in [6.45, 7) is 0. The molecule has 0 amide bonds. The summed E-state index contributed by atoms with van der Waals surface area (Å²) in [6, 6.07) is 11.0. The van der Waals surface area contributed by atoms with Crippen molar-refractivity contribution in [1.29, 1.82) is 0 Å². The maximum absolute atomic E-state index is 10.3. The lowest BCUT2D eigenvalue weighted by Crippen LogP contribution is -2.29. The van der Waals surface area contributed by atoms with E-state index in [0.717, 1.165) is 11.1 Å². The number of nitrogens with two attached hydrogens (primary N) is 1. The van der Waals surface area contributed by atoms with Crippen molar-refractivity contribution in [1.82, 2.24) is 4.98 Å². The van der Waals surface area contributed by atoms with E-state index >= 15 is 0 Å². The molecule has 4 heteroatoms. The number of aliphatic hydroxyl groups excluding tert-OH is 1. The van der Waals surface area contributed by atoms with Crippen LogP contribution in [0.25, 0.3) is 0 Å². The quantitative estimate of drug-likeness (QED) is 0.818. The molecule has 4 nitrogen and oxygen atoms in total. The van der Waals surface area contributed by atoms with Crippen molar-refractivity contribution in [3.8, 4) is 5.75 Å². The van der Waals surface area contributed by atoms with Gasteiger partial charge in [0.05, 0.1) is 6.10 Å². The highest BCUT2D eigenvalue weighted by Gasteiger charge is 2.30. The van der Waals surface area contributed by atoms with Crippen molar-refractivity contribution in [3.63, 3.8) is 0 Å². The van der Waals surface area contributed by atoms with Crippen LogP contribution >= 0.6 is 0 Å². The zero-order chi connectivity index (χ0) is 13.2. The second-order valence-electron chi connectivity index (χ2n) is 4.78. The van der Waals surface area contributed by atoms with Crippen LogP contribution in [0, 0.1) is 0 Å². The predicted octanol–water partition coefficient (Wildman–Crippen LogP) is 1.97. The van der Waals surface area contributed by atoms with Gasteiger partial charge in [0.25, 0.3) is 0 Å². The first-order valence-electron chi connectivity index (χ1n) is 6.35. The molecule has 3 atom stereocenters. The van der Waals surface area contributed by atoms with Crippen molar-refractivity contribution >= 4 is 0 Å². The first kappa shape index (κ1) is 12.1. The standard InChI is InChI=1S/C15H16N2O2/c16-12-8-14(10-4-3-7-17-9-10)19-13-6-2-1-5-11(13)15(12)18/h1-7,9,12,14-15,18H,8,16H2. The molecule has 0 saturated carbocycles. The van der Waals surface area contributed by atoms with Crippen molar-refractivity contribution in [2.24, 2.45) is 5.73 Å². The lowest BCUT2D eigenvalue weighted by atomic mass is 9.97. The van der Waals surface area contributed by atoms with Gasteiger partial charge in [-0.15, -0.1) is 0 Å². The van der Waals surface area contributed by atoms with Gasteiger partial charge in [0.1, 0.15) is 11.9 Å². The maximum Gasteiger partial charge on any atom is 0.127 e. The molecule has 2 heterocycles. The Morgan fingerprint density at radius 3 is 2.84 bits per heavy atom. The van der Waals surface area contributed by atoms with Crippen LogP contribution in [0.2, 0.25) is 0 Å². The monoisotopic (exact) mass is 256 g/mol. The molecule has 0 radical (unpaired) electrons. The molecule has 19 heavy (non-hydrogen) atoms. The third-order valence-corrected chi connectivity index (χ3v) is 3.45. The molecule has 0 spiro atoms. The van der Waals surface area contributed by atoms with Crippen LogP contribution in [0.3, 0.4) is 0 Å². The fourth-order valence-corrected chi connectivity index (χ4v) is 2.41. The minimum Gasteiger partial charge on any atom is -0.485 e. The van der Waals surface area contributed by atoms with E-state index in [2.05, 4.69) is 4.98 Å². The molecule has 1 aliphatic heterocycles. The number of hydrogen-bond acceptors (Lipinski definition) is 4. The summed E-state index contributed by atoms with van der Waals surface area (Å²) in [7, 11) is 0. The largest absolute Gasteiger partial charge is 0.485 e. The van der Waals surface area contributed by atoms with Crippen molar-refractivity contribution < 1.29 is 9.84 Å². The maximum atomic E-state index is 10.3. The summed E-state index contributed by atoms with van der Waals surface area (Å²) in [6.07, 6.45) is 3.18. The van der Waals surface area contributed by atoms with Gasteiger partial charge in [-0.05, 0) is 12.1 Å². The molecule has 98 valence electrons. The zero-order valence-electron chi connectivity index (χ0n) is 10.4. The lowest BCUT2D eigenvalue weighted by molar-refractivity contribution is 0.131. The van der Waals surface area contributed by atoms with E-state index in [0.29, 0.717) is 12.2 Å². The summed E-state index contributed by atoms with van der Waals surface area (Å²) in [4.78, 5) is 4.11. The smallest absolute Gasteiger partial charge is 0.127 e. The van der Waals surface area contributed by atoms with E-state index in [1.165, 1.54) is 0 Å². The second kappa shape index (κ2) is 4.99. The normalized spacial score (nSPS) is 26.1. The molecule has 3 unspecified atom stereocenters. The molecule has 3 rings (SSSR count). The fourth-order valence-electron chi connectivity index (χ4n) is 2.41. The van der Waals surface area contributed by atoms with E-state index in [-0.39, 0.29) is 12.1 Å². The third kappa shape index (κ3) is 2.32. The van der Waals surface area contributed by atoms with Crippen LogP contribution in [0.4, 0.5) is 0 Å². The number of benzene rings is 1. The number of para-hydroxylation sites is 1. The average Bonchev–Trinajstić information content (AvgIpc) is 2.58. The molecule has 0 bridgehead atoms. The molecule has 0 fully saturated rings. The van der Waals surface area contributed by atoms with Crippen molar-refractivity contribution in [2.45, 2.75) is 24.7 Å². The van der Waals surface area contributed by atoms with Crippen LogP contribution in [0.15, 0.2) is 48.8 Å². The van der Waals surface area contributed by atoms with Crippen LogP contribution in [0.5, 0.6) is 5.75 Å². The summed E-state index contributed by atoms with van der Waals surface area (Å²) in [5.41, 5.74) is 7.80. The number of nitrogens with zero attached hydrogens (tertiary/aromatic N) is 1. The molecular weight excluding hydrogens is 240 g/mol. The van der Waals surface area contributed by atoms with Gasteiger partial charge in [0.2, 0.25) is 0 Å². The Kier molecular flexibility index (Phi) is 3.19. The van der Waals surface area contributed by atoms with Gasteiger partial charge in [-0.25, -0.2) is 0 Å². The van der Waals surface area contributed by atoms with E-state index in [1.807, 2.05) is 36.4 Å². The third-order valence-electron chi connectivity index (χ3n) is 3.45. The molecule has 3 N–H and O–H groups in total. The highest BCUT2D eigenvalue weighted by Crippen LogP contribution is 2.37. The Balaban J connectivity index is 1.99. The van der Waals surface area contributed by atoms with E-state index < -0.39 is 6.10 Å². The van der Waals surface area contributed by atoms with Crippen LogP contribution in [-0.4, -0.2) is 16.1 Å². The molecule has 1 aromatic carbocycles. The van der Waals surface area contributed by atoms with E-state index in [9.17, 15) is 5.11 Å². The van der Waals surface area contributed by atoms with Gasteiger partial charge in [0, 0.05) is 36.0 Å². The minimum atomic E-state index is -0.696. The van der Waals surface area contributed by atoms with Gasteiger partial charge >= 0.3 is 0 Å². The lowest BCUT2D eigenvalue weighted by Gasteiger charge is -2.19. The van der Waals surface area contributed by atoms with Crippen molar-refractivity contribution in [2.75, 3.05) is 0 Å². The summed E-state index contributed by atoms with van der Waals surface area (Å²) >= 11 is 0. The second-order valence-corrected chi connectivity index (χ2v) is 4.78. The molecular formula is C15H16N2O2. The summed E-state index contributed by atoms with van der Waals surface area (Å²) in [5.74, 6) is 0.691. The van der Waals surface area contributed by atoms with Crippen LogP contribution in [-0.2, 0) is 0 Å². The molecule has 2 aromatic rings. The average molecular weight is 256 g/mol. The van der Waals surface area contributed by atoms with Gasteiger partial charge in [-0.3, -0.25) is 4.98 Å². The fraction of sp³-hybridized carbons (Fsp3) is 0.267. The predicted molar refractivity (Wildman–Crippen MR) is 71.6 cm³/mol. The van der Waals surface area contributed by atoms with Gasteiger partial charge < -0.3 is 15.6 Å². The summed E-state index contributed by atoms with van der Waals surface area (Å²) in [5, 5.41) is 10.3. The first-order chi connectivity index (χ1) is 9.25.